The lowest BCUT2D eigenvalue weighted by atomic mass is 10.1. The molecule has 0 saturated heterocycles. The van der Waals surface area contributed by atoms with Gasteiger partial charge >= 0.3 is 0 Å². The van der Waals surface area contributed by atoms with Crippen molar-refractivity contribution in [2.45, 2.75) is 40.5 Å². The molecule has 0 aliphatic carbocycles. The Labute approximate surface area is 164 Å². The van der Waals surface area contributed by atoms with Crippen LogP contribution in [0.2, 0.25) is 0 Å². The normalized spacial score (nSPS) is 11.1. The minimum atomic E-state index is 0. The molecule has 0 aliphatic rings. The minimum absolute atomic E-state index is 0. The molecule has 0 saturated carbocycles. The number of aromatic nitrogens is 1. The van der Waals surface area contributed by atoms with E-state index in [0.29, 0.717) is 13.1 Å². The van der Waals surface area contributed by atoms with E-state index in [4.69, 9.17) is 0 Å². The van der Waals surface area contributed by atoms with Crippen molar-refractivity contribution in [1.82, 2.24) is 15.6 Å². The lowest BCUT2D eigenvalue weighted by molar-refractivity contribution is 0.280. The summed E-state index contributed by atoms with van der Waals surface area (Å²) in [6.07, 6.45) is 0. The Hall–Kier alpha value is -1.19. The van der Waals surface area contributed by atoms with Crippen LogP contribution in [-0.4, -0.2) is 22.6 Å². The summed E-state index contributed by atoms with van der Waals surface area (Å²) >= 11 is 1.71. The maximum atomic E-state index is 9.39. The van der Waals surface area contributed by atoms with Crippen LogP contribution in [0.15, 0.2) is 29.3 Å². The van der Waals surface area contributed by atoms with Crippen molar-refractivity contribution in [3.8, 4) is 0 Å². The predicted octanol–water partition coefficient (Wildman–Crippen LogP) is 3.13. The third-order valence-electron chi connectivity index (χ3n) is 3.46. The first kappa shape index (κ1) is 20.9. The molecule has 1 aromatic heterocycles. The van der Waals surface area contributed by atoms with E-state index in [1.165, 1.54) is 4.88 Å². The SMILES string of the molecule is CCNC(=NCc1ccccc1CO)NCc1sc(C)nc1C.I. The van der Waals surface area contributed by atoms with E-state index >= 15 is 0 Å². The van der Waals surface area contributed by atoms with E-state index in [1.54, 1.807) is 11.3 Å². The molecule has 1 heterocycles. The number of nitrogens with zero attached hydrogens (tertiary/aromatic N) is 2. The van der Waals surface area contributed by atoms with E-state index in [9.17, 15) is 5.11 Å². The maximum Gasteiger partial charge on any atom is 0.191 e. The zero-order valence-electron chi connectivity index (χ0n) is 14.3. The number of benzene rings is 1. The Balaban J connectivity index is 0.00000288. The second-order valence-corrected chi connectivity index (χ2v) is 6.50. The fraction of sp³-hybridized carbons (Fsp3) is 0.412. The van der Waals surface area contributed by atoms with Crippen LogP contribution < -0.4 is 10.6 Å². The van der Waals surface area contributed by atoms with Crippen molar-refractivity contribution in [3.05, 3.63) is 51.0 Å². The van der Waals surface area contributed by atoms with Gasteiger partial charge in [-0.3, -0.25) is 0 Å². The van der Waals surface area contributed by atoms with Gasteiger partial charge in [-0.05, 0) is 31.9 Å². The Morgan fingerprint density at radius 1 is 1.21 bits per heavy atom. The number of aryl methyl sites for hydroxylation is 2. The third-order valence-corrected chi connectivity index (χ3v) is 4.53. The number of rotatable bonds is 6. The van der Waals surface area contributed by atoms with E-state index in [1.807, 2.05) is 45.0 Å². The van der Waals surface area contributed by atoms with Crippen LogP contribution in [0.5, 0.6) is 0 Å². The first-order valence-corrected chi connectivity index (χ1v) is 8.58. The molecule has 2 rings (SSSR count). The molecule has 0 spiro atoms. The van der Waals surface area contributed by atoms with E-state index in [-0.39, 0.29) is 30.6 Å². The fourth-order valence-electron chi connectivity index (χ4n) is 2.27. The Kier molecular flexibility index (Phi) is 9.24. The molecule has 0 unspecified atom stereocenters. The quantitative estimate of drug-likeness (QED) is 0.352. The van der Waals surface area contributed by atoms with Gasteiger partial charge in [-0.2, -0.15) is 0 Å². The third kappa shape index (κ3) is 6.03. The highest BCUT2D eigenvalue weighted by atomic mass is 127. The summed E-state index contributed by atoms with van der Waals surface area (Å²) in [6, 6.07) is 7.81. The summed E-state index contributed by atoms with van der Waals surface area (Å²) in [5.41, 5.74) is 3.03. The van der Waals surface area contributed by atoms with Crippen LogP contribution in [0.25, 0.3) is 0 Å². The molecule has 2 aromatic rings. The Morgan fingerprint density at radius 2 is 1.92 bits per heavy atom. The molecule has 0 amide bonds. The summed E-state index contributed by atoms with van der Waals surface area (Å²) in [5, 5.41) is 17.1. The van der Waals surface area contributed by atoms with Crippen LogP contribution in [0, 0.1) is 13.8 Å². The average molecular weight is 460 g/mol. The Morgan fingerprint density at radius 3 is 2.50 bits per heavy atom. The van der Waals surface area contributed by atoms with Gasteiger partial charge in [0.2, 0.25) is 0 Å². The van der Waals surface area contributed by atoms with Crippen molar-refractivity contribution < 1.29 is 5.11 Å². The summed E-state index contributed by atoms with van der Waals surface area (Å²) in [5.74, 6) is 0.769. The number of hydrogen-bond donors (Lipinski definition) is 3. The number of thiazole rings is 1. The lowest BCUT2D eigenvalue weighted by Gasteiger charge is -2.11. The van der Waals surface area contributed by atoms with Gasteiger partial charge < -0.3 is 15.7 Å². The summed E-state index contributed by atoms with van der Waals surface area (Å²) in [6.45, 7) is 8.18. The highest BCUT2D eigenvalue weighted by Crippen LogP contribution is 2.16. The number of aliphatic imine (C=N–C) groups is 1. The molecular weight excluding hydrogens is 435 g/mol. The molecule has 0 radical (unpaired) electrons. The zero-order chi connectivity index (χ0) is 16.7. The fourth-order valence-corrected chi connectivity index (χ4v) is 3.15. The monoisotopic (exact) mass is 460 g/mol. The summed E-state index contributed by atoms with van der Waals surface area (Å²) in [7, 11) is 0. The van der Waals surface area contributed by atoms with E-state index in [2.05, 4.69) is 20.6 Å². The second-order valence-electron chi connectivity index (χ2n) is 5.22. The van der Waals surface area contributed by atoms with Gasteiger partial charge in [0.25, 0.3) is 0 Å². The maximum absolute atomic E-state index is 9.39. The largest absolute Gasteiger partial charge is 0.392 e. The van der Waals surface area contributed by atoms with Crippen molar-refractivity contribution in [2.75, 3.05) is 6.54 Å². The summed E-state index contributed by atoms with van der Waals surface area (Å²) in [4.78, 5) is 10.3. The van der Waals surface area contributed by atoms with Gasteiger partial charge in [-0.1, -0.05) is 24.3 Å². The van der Waals surface area contributed by atoms with Crippen molar-refractivity contribution >= 4 is 41.3 Å². The topological polar surface area (TPSA) is 69.5 Å². The van der Waals surface area contributed by atoms with Gasteiger partial charge in [0.15, 0.2) is 5.96 Å². The highest BCUT2D eigenvalue weighted by molar-refractivity contribution is 14.0. The molecule has 132 valence electrons. The molecule has 0 aliphatic heterocycles. The van der Waals surface area contributed by atoms with Crippen molar-refractivity contribution in [2.24, 2.45) is 4.99 Å². The standard InChI is InChI=1S/C17H24N4OS.HI/c1-4-18-17(20-10-16-12(2)21-13(3)23-16)19-9-14-7-5-6-8-15(14)11-22;/h5-8,22H,4,9-11H2,1-3H3,(H2,18,19,20);1H. The number of halogens is 1. The van der Waals surface area contributed by atoms with Crippen molar-refractivity contribution in [1.29, 1.82) is 0 Å². The first-order chi connectivity index (χ1) is 11.1. The summed E-state index contributed by atoms with van der Waals surface area (Å²) < 4.78 is 0. The van der Waals surface area contributed by atoms with Gasteiger partial charge in [-0.25, -0.2) is 9.98 Å². The molecule has 5 nitrogen and oxygen atoms in total. The predicted molar refractivity (Wildman–Crippen MR) is 111 cm³/mol. The molecule has 24 heavy (non-hydrogen) atoms. The van der Waals surface area contributed by atoms with Crippen LogP contribution in [0.3, 0.4) is 0 Å². The van der Waals surface area contributed by atoms with Crippen LogP contribution >= 0.6 is 35.3 Å². The first-order valence-electron chi connectivity index (χ1n) is 7.76. The second kappa shape index (κ2) is 10.6. The molecular formula is C17H25IN4OS. The Bertz CT molecular complexity index is 672. The van der Waals surface area contributed by atoms with Gasteiger partial charge in [0.05, 0.1) is 30.4 Å². The van der Waals surface area contributed by atoms with E-state index in [0.717, 1.165) is 34.3 Å². The molecule has 1 aromatic carbocycles. The molecule has 3 N–H and O–H groups in total. The highest BCUT2D eigenvalue weighted by Gasteiger charge is 2.06. The van der Waals surface area contributed by atoms with E-state index < -0.39 is 0 Å². The number of hydrogen-bond acceptors (Lipinski definition) is 4. The molecule has 7 heteroatoms. The molecule has 0 bridgehead atoms. The van der Waals surface area contributed by atoms with Gasteiger partial charge in [0.1, 0.15) is 0 Å². The molecule has 0 atom stereocenters. The van der Waals surface area contributed by atoms with Gasteiger partial charge in [-0.15, -0.1) is 35.3 Å². The number of aliphatic hydroxyl groups is 1. The smallest absolute Gasteiger partial charge is 0.191 e. The molecule has 0 fully saturated rings. The lowest BCUT2D eigenvalue weighted by Crippen LogP contribution is -2.36. The number of aliphatic hydroxyl groups excluding tert-OH is 1. The average Bonchev–Trinajstić information content (AvgIpc) is 2.88. The number of nitrogens with one attached hydrogen (secondary N) is 2. The minimum Gasteiger partial charge on any atom is -0.392 e. The van der Waals surface area contributed by atoms with Crippen molar-refractivity contribution in [3.63, 3.8) is 0 Å². The van der Waals surface area contributed by atoms with Crippen LogP contribution in [0.1, 0.15) is 33.6 Å². The van der Waals surface area contributed by atoms with Crippen LogP contribution in [0.4, 0.5) is 0 Å². The zero-order valence-corrected chi connectivity index (χ0v) is 17.4. The van der Waals surface area contributed by atoms with Crippen LogP contribution in [-0.2, 0) is 19.7 Å². The number of guanidine groups is 1. The van der Waals surface area contributed by atoms with Gasteiger partial charge in [0, 0.05) is 11.4 Å².